The number of esters is 1. The number of hydrogen-bond acceptors (Lipinski definition) is 4. The molecular weight excluding hydrogens is 398 g/mol. The van der Waals surface area contributed by atoms with Crippen molar-refractivity contribution >= 4 is 11.7 Å². The molecule has 1 atom stereocenters. The van der Waals surface area contributed by atoms with Crippen LogP contribution in [0.2, 0.25) is 0 Å². The minimum absolute atomic E-state index is 0.296. The third-order valence-corrected chi connectivity index (χ3v) is 6.36. The average molecular weight is 446 g/mol. The number of rotatable bonds is 18. The van der Waals surface area contributed by atoms with Gasteiger partial charge >= 0.3 is 5.97 Å². The normalized spacial score (nSPS) is 16.1. The summed E-state index contributed by atoms with van der Waals surface area (Å²) in [5, 5.41) is 3.46. The van der Waals surface area contributed by atoms with Crippen LogP contribution in [-0.2, 0) is 9.47 Å². The molecule has 32 heavy (non-hydrogen) atoms. The molecule has 4 heteroatoms. The first-order valence-electron chi connectivity index (χ1n) is 13.5. The summed E-state index contributed by atoms with van der Waals surface area (Å²) < 4.78 is 10.9. The fraction of sp³-hybridized carbons (Fsp3) is 0.750. The lowest BCUT2D eigenvalue weighted by atomic mass is 10.0. The number of unbranched alkanes of at least 4 members (excludes halogenated alkanes) is 13. The molecule has 0 amide bonds. The van der Waals surface area contributed by atoms with Gasteiger partial charge < -0.3 is 14.8 Å². The first-order chi connectivity index (χ1) is 15.8. The van der Waals surface area contributed by atoms with Gasteiger partial charge in [0.25, 0.3) is 0 Å². The van der Waals surface area contributed by atoms with E-state index in [1.807, 2.05) is 24.3 Å². The van der Waals surface area contributed by atoms with Crippen molar-refractivity contribution in [1.82, 2.24) is 0 Å². The highest BCUT2D eigenvalue weighted by Crippen LogP contribution is 2.17. The smallest absolute Gasteiger partial charge is 0.340 e. The molecule has 1 aromatic rings. The SMILES string of the molecule is CCCCCCCCCCCCCCCCNc1ccc(C(=O)OC2CCCCO2)cc1. The number of anilines is 1. The zero-order valence-electron chi connectivity index (χ0n) is 20.5. The average Bonchev–Trinajstić information content (AvgIpc) is 2.82. The summed E-state index contributed by atoms with van der Waals surface area (Å²) in [6.45, 7) is 3.95. The Bertz CT molecular complexity index is 581. The zero-order chi connectivity index (χ0) is 22.7. The van der Waals surface area contributed by atoms with Crippen molar-refractivity contribution in [3.05, 3.63) is 29.8 Å². The largest absolute Gasteiger partial charge is 0.432 e. The van der Waals surface area contributed by atoms with Crippen LogP contribution < -0.4 is 5.32 Å². The fourth-order valence-electron chi connectivity index (χ4n) is 4.27. The Morgan fingerprint density at radius 2 is 1.41 bits per heavy atom. The molecule has 0 radical (unpaired) electrons. The van der Waals surface area contributed by atoms with E-state index in [2.05, 4.69) is 12.2 Å². The predicted molar refractivity (Wildman–Crippen MR) is 134 cm³/mol. The summed E-state index contributed by atoms with van der Waals surface area (Å²) in [5.74, 6) is -0.296. The number of nitrogens with one attached hydrogen (secondary N) is 1. The monoisotopic (exact) mass is 445 g/mol. The molecule has 1 heterocycles. The van der Waals surface area contributed by atoms with E-state index in [1.165, 1.54) is 89.9 Å². The van der Waals surface area contributed by atoms with Gasteiger partial charge in [-0.1, -0.05) is 90.4 Å². The van der Waals surface area contributed by atoms with Gasteiger partial charge in [0.1, 0.15) is 0 Å². The van der Waals surface area contributed by atoms with E-state index >= 15 is 0 Å². The summed E-state index contributed by atoms with van der Waals surface area (Å²) >= 11 is 0. The standard InChI is InChI=1S/C28H47NO3/c1-2-3-4-5-6-7-8-9-10-11-12-13-14-16-23-29-26-21-19-25(20-22-26)28(30)32-27-18-15-17-24-31-27/h19-22,27,29H,2-18,23-24H2,1H3. The Hall–Kier alpha value is -1.55. The second-order valence-corrected chi connectivity index (χ2v) is 9.30. The van der Waals surface area contributed by atoms with Crippen LogP contribution in [-0.4, -0.2) is 25.4 Å². The summed E-state index contributed by atoms with van der Waals surface area (Å²) in [7, 11) is 0. The topological polar surface area (TPSA) is 47.6 Å². The van der Waals surface area contributed by atoms with Gasteiger partial charge in [0.15, 0.2) is 0 Å². The Morgan fingerprint density at radius 1 is 0.844 bits per heavy atom. The second kappa shape index (κ2) is 17.9. The molecule has 1 aliphatic rings. The summed E-state index contributed by atoms with van der Waals surface area (Å²) in [6, 6.07) is 7.58. The van der Waals surface area contributed by atoms with E-state index < -0.39 is 0 Å². The highest BCUT2D eigenvalue weighted by molar-refractivity contribution is 5.89. The molecule has 1 unspecified atom stereocenters. The minimum atomic E-state index is -0.380. The van der Waals surface area contributed by atoms with Crippen LogP contribution in [0.25, 0.3) is 0 Å². The highest BCUT2D eigenvalue weighted by atomic mass is 16.7. The van der Waals surface area contributed by atoms with Crippen LogP contribution in [0.15, 0.2) is 24.3 Å². The number of ether oxygens (including phenoxy) is 2. The van der Waals surface area contributed by atoms with E-state index in [0.29, 0.717) is 12.2 Å². The van der Waals surface area contributed by atoms with Crippen LogP contribution in [0, 0.1) is 0 Å². The third-order valence-electron chi connectivity index (χ3n) is 6.36. The molecule has 1 N–H and O–H groups in total. The molecule has 0 aliphatic carbocycles. The van der Waals surface area contributed by atoms with Gasteiger partial charge in [-0.25, -0.2) is 4.79 Å². The van der Waals surface area contributed by atoms with E-state index in [1.54, 1.807) is 0 Å². The molecule has 0 bridgehead atoms. The Morgan fingerprint density at radius 3 is 1.94 bits per heavy atom. The van der Waals surface area contributed by atoms with Crippen molar-refractivity contribution in [1.29, 1.82) is 0 Å². The molecule has 182 valence electrons. The van der Waals surface area contributed by atoms with Crippen LogP contribution >= 0.6 is 0 Å². The molecule has 1 aliphatic heterocycles. The van der Waals surface area contributed by atoms with Crippen molar-refractivity contribution in [2.75, 3.05) is 18.5 Å². The maximum Gasteiger partial charge on any atom is 0.340 e. The van der Waals surface area contributed by atoms with Gasteiger partial charge in [-0.15, -0.1) is 0 Å². The van der Waals surface area contributed by atoms with E-state index in [9.17, 15) is 4.79 Å². The second-order valence-electron chi connectivity index (χ2n) is 9.30. The van der Waals surface area contributed by atoms with E-state index in [0.717, 1.165) is 31.5 Å². The van der Waals surface area contributed by atoms with Crippen LogP contribution in [0.5, 0.6) is 0 Å². The number of hydrogen-bond donors (Lipinski definition) is 1. The summed E-state index contributed by atoms with van der Waals surface area (Å²) in [6.07, 6.45) is 21.9. The Labute approximate surface area is 196 Å². The lowest BCUT2D eigenvalue weighted by Crippen LogP contribution is -2.25. The van der Waals surface area contributed by atoms with Crippen LogP contribution in [0.1, 0.15) is 126 Å². The van der Waals surface area contributed by atoms with Crippen molar-refractivity contribution in [2.45, 2.75) is 122 Å². The molecule has 1 aromatic carbocycles. The number of carbonyl (C=O) groups excluding carboxylic acids is 1. The maximum absolute atomic E-state index is 12.2. The molecule has 1 fully saturated rings. The summed E-state index contributed by atoms with van der Waals surface area (Å²) in [4.78, 5) is 12.2. The van der Waals surface area contributed by atoms with E-state index in [-0.39, 0.29) is 12.3 Å². The lowest BCUT2D eigenvalue weighted by Gasteiger charge is -2.22. The van der Waals surface area contributed by atoms with Crippen molar-refractivity contribution in [2.24, 2.45) is 0 Å². The number of carbonyl (C=O) groups is 1. The number of benzene rings is 1. The van der Waals surface area contributed by atoms with Gasteiger partial charge in [-0.2, -0.15) is 0 Å². The van der Waals surface area contributed by atoms with Crippen molar-refractivity contribution < 1.29 is 14.3 Å². The first kappa shape index (κ1) is 26.7. The minimum Gasteiger partial charge on any atom is -0.432 e. The van der Waals surface area contributed by atoms with Crippen LogP contribution in [0.4, 0.5) is 5.69 Å². The highest BCUT2D eigenvalue weighted by Gasteiger charge is 2.19. The molecule has 0 aromatic heterocycles. The molecule has 0 saturated carbocycles. The summed E-state index contributed by atoms with van der Waals surface area (Å²) in [5.41, 5.74) is 1.64. The molecule has 4 nitrogen and oxygen atoms in total. The molecule has 2 rings (SSSR count). The maximum atomic E-state index is 12.2. The van der Waals surface area contributed by atoms with Gasteiger partial charge in [0, 0.05) is 18.7 Å². The Balaban J connectivity index is 1.40. The third kappa shape index (κ3) is 12.5. The van der Waals surface area contributed by atoms with Gasteiger partial charge in [-0.3, -0.25) is 0 Å². The predicted octanol–water partition coefficient (Wildman–Crippen LogP) is 8.26. The van der Waals surface area contributed by atoms with Gasteiger partial charge in [0.2, 0.25) is 6.29 Å². The van der Waals surface area contributed by atoms with Crippen molar-refractivity contribution in [3.63, 3.8) is 0 Å². The molecule has 1 saturated heterocycles. The van der Waals surface area contributed by atoms with Gasteiger partial charge in [0.05, 0.1) is 12.2 Å². The Kier molecular flexibility index (Phi) is 15.0. The van der Waals surface area contributed by atoms with Gasteiger partial charge in [-0.05, 0) is 43.5 Å². The lowest BCUT2D eigenvalue weighted by molar-refractivity contribution is -0.130. The zero-order valence-corrected chi connectivity index (χ0v) is 20.5. The first-order valence-corrected chi connectivity index (χ1v) is 13.5. The van der Waals surface area contributed by atoms with Crippen LogP contribution in [0.3, 0.4) is 0 Å². The quantitative estimate of drug-likeness (QED) is 0.182. The fourth-order valence-corrected chi connectivity index (χ4v) is 4.27. The molecular formula is C28H47NO3. The molecule has 0 spiro atoms. The van der Waals surface area contributed by atoms with Crippen molar-refractivity contribution in [3.8, 4) is 0 Å². The van der Waals surface area contributed by atoms with E-state index in [4.69, 9.17) is 9.47 Å².